The Morgan fingerprint density at radius 2 is 1.89 bits per heavy atom. The molecule has 11 nitrogen and oxygen atoms in total. The van der Waals surface area contributed by atoms with Gasteiger partial charge in [0, 0.05) is 6.04 Å². The average molecular weight is 498 g/mol. The van der Waals surface area contributed by atoms with Crippen LogP contribution in [0.4, 0.5) is 5.82 Å². The molecule has 0 aliphatic rings. The van der Waals surface area contributed by atoms with E-state index in [1.807, 2.05) is 12.1 Å². The Bertz CT molecular complexity index is 1380. The number of carbonyl (C=O) groups is 2. The quantitative estimate of drug-likeness (QED) is 0.427. The lowest BCUT2D eigenvalue weighted by Crippen LogP contribution is -2.30. The molecule has 1 aromatic heterocycles. The lowest BCUT2D eigenvalue weighted by atomic mass is 10.2. The minimum absolute atomic E-state index is 0.0469. The third-order valence-electron chi connectivity index (χ3n) is 4.56. The number of hydrogen-bond donors (Lipinski definition) is 2. The maximum absolute atomic E-state index is 12.6. The summed E-state index contributed by atoms with van der Waals surface area (Å²) in [4.78, 5) is 24.8. The Morgan fingerprint density at radius 1 is 1.17 bits per heavy atom. The molecule has 0 bridgehead atoms. The molecular weight excluding hydrogens is 474 g/mol. The molecule has 1 amide bonds. The zero-order chi connectivity index (χ0) is 25.6. The molecule has 0 radical (unpaired) electrons. The van der Waals surface area contributed by atoms with Gasteiger partial charge in [-0.15, -0.1) is 0 Å². The molecule has 2 aromatic carbocycles. The summed E-state index contributed by atoms with van der Waals surface area (Å²) in [5.74, 6) is -1.46. The lowest BCUT2D eigenvalue weighted by molar-refractivity contribution is -0.119. The number of hydrogen-bond acceptors (Lipinski definition) is 8. The number of esters is 1. The molecule has 0 aliphatic heterocycles. The second-order valence-electron chi connectivity index (χ2n) is 7.53. The zero-order valence-corrected chi connectivity index (χ0v) is 20.0. The summed E-state index contributed by atoms with van der Waals surface area (Å²) in [7, 11) is -2.66. The summed E-state index contributed by atoms with van der Waals surface area (Å²) in [6, 6.07) is 14.2. The van der Waals surface area contributed by atoms with Gasteiger partial charge in [0.1, 0.15) is 22.3 Å². The molecule has 1 heterocycles. The largest absolute Gasteiger partial charge is 0.495 e. The van der Waals surface area contributed by atoms with E-state index < -0.39 is 28.5 Å². The van der Waals surface area contributed by atoms with Crippen molar-refractivity contribution in [3.8, 4) is 17.5 Å². The van der Waals surface area contributed by atoms with E-state index >= 15 is 0 Å². The van der Waals surface area contributed by atoms with Crippen LogP contribution in [0.3, 0.4) is 0 Å². The number of amides is 1. The van der Waals surface area contributed by atoms with Gasteiger partial charge < -0.3 is 14.8 Å². The van der Waals surface area contributed by atoms with Crippen LogP contribution in [0.1, 0.15) is 29.8 Å². The van der Waals surface area contributed by atoms with Crippen molar-refractivity contribution in [3.63, 3.8) is 0 Å². The molecular formula is C23H23N5O6S. The van der Waals surface area contributed by atoms with E-state index in [4.69, 9.17) is 9.47 Å². The second-order valence-corrected chi connectivity index (χ2v) is 9.21. The van der Waals surface area contributed by atoms with Gasteiger partial charge in [-0.3, -0.25) is 4.79 Å². The first kappa shape index (κ1) is 25.4. The van der Waals surface area contributed by atoms with Crippen LogP contribution >= 0.6 is 0 Å². The first-order chi connectivity index (χ1) is 16.7. The molecule has 12 heteroatoms. The first-order valence-corrected chi connectivity index (χ1v) is 11.9. The number of sulfonamides is 1. The summed E-state index contributed by atoms with van der Waals surface area (Å²) in [6.07, 6.45) is 1.30. The SMILES string of the molecule is COc1ccc(C(=O)OCC(=O)Nc2c(C#N)cnn2-c2ccccc2)cc1S(=O)(=O)NC(C)C. The van der Waals surface area contributed by atoms with Gasteiger partial charge in [0.25, 0.3) is 5.91 Å². The molecule has 0 fully saturated rings. The number of carbonyl (C=O) groups excluding carboxylic acids is 2. The average Bonchev–Trinajstić information content (AvgIpc) is 3.24. The summed E-state index contributed by atoms with van der Waals surface area (Å²) in [6.45, 7) is 2.63. The maximum Gasteiger partial charge on any atom is 0.338 e. The van der Waals surface area contributed by atoms with Crippen molar-refractivity contribution in [3.05, 3.63) is 65.9 Å². The fourth-order valence-electron chi connectivity index (χ4n) is 3.09. The van der Waals surface area contributed by atoms with E-state index in [2.05, 4.69) is 15.1 Å². The molecule has 182 valence electrons. The van der Waals surface area contributed by atoms with Crippen LogP contribution in [0.25, 0.3) is 5.69 Å². The molecule has 35 heavy (non-hydrogen) atoms. The second kappa shape index (κ2) is 10.8. The third kappa shape index (κ3) is 6.03. The van der Waals surface area contributed by atoms with Crippen molar-refractivity contribution in [1.82, 2.24) is 14.5 Å². The Kier molecular flexibility index (Phi) is 7.85. The number of nitrogens with zero attached hydrogens (tertiary/aromatic N) is 3. The number of nitrogens with one attached hydrogen (secondary N) is 2. The normalized spacial score (nSPS) is 11.1. The van der Waals surface area contributed by atoms with E-state index in [0.29, 0.717) is 5.69 Å². The number of methoxy groups -OCH3 is 1. The van der Waals surface area contributed by atoms with Gasteiger partial charge in [0.15, 0.2) is 12.4 Å². The standard InChI is InChI=1S/C23H23N5O6S/c1-15(2)27-35(31,32)20-11-16(9-10-19(20)33-3)23(30)34-14-21(29)26-22-17(12-24)13-25-28(22)18-7-5-4-6-8-18/h4-11,13,15,27H,14H2,1-3H3,(H,26,29). The minimum atomic E-state index is -3.97. The van der Waals surface area contributed by atoms with E-state index in [1.54, 1.807) is 38.1 Å². The van der Waals surface area contributed by atoms with Crippen molar-refractivity contribution in [1.29, 1.82) is 5.26 Å². The number of aromatic nitrogens is 2. The lowest BCUT2D eigenvalue weighted by Gasteiger charge is -2.14. The van der Waals surface area contributed by atoms with E-state index in [1.165, 1.54) is 30.1 Å². The monoisotopic (exact) mass is 497 g/mol. The van der Waals surface area contributed by atoms with Crippen LogP contribution in [0, 0.1) is 11.3 Å². The number of nitriles is 1. The van der Waals surface area contributed by atoms with E-state index in [0.717, 1.165) is 6.07 Å². The molecule has 0 unspecified atom stereocenters. The van der Waals surface area contributed by atoms with Gasteiger partial charge in [-0.1, -0.05) is 18.2 Å². The molecule has 0 atom stereocenters. The predicted molar refractivity (Wildman–Crippen MR) is 126 cm³/mol. The summed E-state index contributed by atoms with van der Waals surface area (Å²) in [5, 5.41) is 16.0. The van der Waals surface area contributed by atoms with Crippen molar-refractivity contribution < 1.29 is 27.5 Å². The predicted octanol–water partition coefficient (Wildman–Crippen LogP) is 2.23. The highest BCUT2D eigenvalue weighted by Crippen LogP contribution is 2.25. The zero-order valence-electron chi connectivity index (χ0n) is 19.2. The van der Waals surface area contributed by atoms with Gasteiger partial charge >= 0.3 is 5.97 Å². The van der Waals surface area contributed by atoms with Gasteiger partial charge in [-0.25, -0.2) is 22.6 Å². The smallest absolute Gasteiger partial charge is 0.338 e. The van der Waals surface area contributed by atoms with Crippen LogP contribution in [0.15, 0.2) is 59.6 Å². The molecule has 3 aromatic rings. The molecule has 0 saturated heterocycles. The maximum atomic E-state index is 12.6. The number of benzene rings is 2. The van der Waals surface area contributed by atoms with Crippen LogP contribution < -0.4 is 14.8 Å². The van der Waals surface area contributed by atoms with Crippen molar-refractivity contribution in [2.24, 2.45) is 0 Å². The Labute approximate surface area is 202 Å². The highest BCUT2D eigenvalue weighted by Gasteiger charge is 2.23. The van der Waals surface area contributed by atoms with Gasteiger partial charge in [-0.2, -0.15) is 10.4 Å². The van der Waals surface area contributed by atoms with Crippen molar-refractivity contribution in [2.45, 2.75) is 24.8 Å². The molecule has 0 aliphatic carbocycles. The fourth-order valence-corrected chi connectivity index (χ4v) is 4.53. The van der Waals surface area contributed by atoms with Gasteiger partial charge in [0.2, 0.25) is 10.0 Å². The molecule has 0 saturated carbocycles. The van der Waals surface area contributed by atoms with E-state index in [-0.39, 0.29) is 33.6 Å². The third-order valence-corrected chi connectivity index (χ3v) is 6.24. The number of rotatable bonds is 9. The summed E-state index contributed by atoms with van der Waals surface area (Å²) >= 11 is 0. The van der Waals surface area contributed by atoms with Crippen LogP contribution in [0.5, 0.6) is 5.75 Å². The van der Waals surface area contributed by atoms with Crippen LogP contribution in [-0.2, 0) is 19.6 Å². The Balaban J connectivity index is 1.74. The highest BCUT2D eigenvalue weighted by molar-refractivity contribution is 7.89. The van der Waals surface area contributed by atoms with Crippen molar-refractivity contribution >= 4 is 27.7 Å². The minimum Gasteiger partial charge on any atom is -0.495 e. The number of para-hydroxylation sites is 1. The summed E-state index contributed by atoms with van der Waals surface area (Å²) < 4.78 is 39.2. The summed E-state index contributed by atoms with van der Waals surface area (Å²) in [5.41, 5.74) is 0.647. The van der Waals surface area contributed by atoms with Crippen LogP contribution in [-0.4, -0.2) is 49.8 Å². The van der Waals surface area contributed by atoms with E-state index in [9.17, 15) is 23.3 Å². The topological polar surface area (TPSA) is 152 Å². The van der Waals surface area contributed by atoms with Crippen LogP contribution in [0.2, 0.25) is 0 Å². The molecule has 2 N–H and O–H groups in total. The molecule has 0 spiro atoms. The number of anilines is 1. The first-order valence-electron chi connectivity index (χ1n) is 10.4. The molecule has 3 rings (SSSR count). The fraction of sp³-hybridized carbons (Fsp3) is 0.217. The van der Waals surface area contributed by atoms with Gasteiger partial charge in [-0.05, 0) is 44.2 Å². The Hall–Kier alpha value is -4.21. The van der Waals surface area contributed by atoms with Gasteiger partial charge in [0.05, 0.1) is 24.6 Å². The highest BCUT2D eigenvalue weighted by atomic mass is 32.2. The number of ether oxygens (including phenoxy) is 2. The van der Waals surface area contributed by atoms with Crippen molar-refractivity contribution in [2.75, 3.05) is 19.0 Å². The Morgan fingerprint density at radius 3 is 2.51 bits per heavy atom.